The maximum Gasteiger partial charge on any atom is 0.234 e. The summed E-state index contributed by atoms with van der Waals surface area (Å²) in [5.74, 6) is 0.0341. The quantitative estimate of drug-likeness (QED) is 0.904. The van der Waals surface area contributed by atoms with Crippen molar-refractivity contribution < 1.29 is 4.79 Å². The van der Waals surface area contributed by atoms with Gasteiger partial charge in [0.2, 0.25) is 5.91 Å². The van der Waals surface area contributed by atoms with Crippen molar-refractivity contribution in [3.8, 4) is 11.1 Å². The van der Waals surface area contributed by atoms with E-state index < -0.39 is 0 Å². The van der Waals surface area contributed by atoms with Crippen LogP contribution in [-0.4, -0.2) is 18.5 Å². The van der Waals surface area contributed by atoms with E-state index in [0.717, 1.165) is 0 Å². The Morgan fingerprint density at radius 1 is 1.00 bits per heavy atom. The minimum absolute atomic E-state index is 0.0341. The van der Waals surface area contributed by atoms with E-state index in [1.165, 1.54) is 22.3 Å². The summed E-state index contributed by atoms with van der Waals surface area (Å²) in [6, 6.07) is 17.0. The van der Waals surface area contributed by atoms with E-state index in [1.54, 1.807) is 0 Å². The van der Waals surface area contributed by atoms with E-state index in [0.29, 0.717) is 6.54 Å². The third-order valence-electron chi connectivity index (χ3n) is 3.75. The van der Waals surface area contributed by atoms with E-state index in [-0.39, 0.29) is 18.0 Å². The number of carbonyl (C=O) groups is 1. The SMILES string of the molecule is CC(C)NC(=O)CNC1c2ccccc2-c2ccccc21. The first-order valence-corrected chi connectivity index (χ1v) is 7.38. The molecular weight excluding hydrogens is 260 g/mol. The fourth-order valence-corrected chi connectivity index (χ4v) is 2.94. The van der Waals surface area contributed by atoms with Crippen LogP contribution in [0.25, 0.3) is 11.1 Å². The van der Waals surface area contributed by atoms with E-state index >= 15 is 0 Å². The summed E-state index contributed by atoms with van der Waals surface area (Å²) in [7, 11) is 0. The van der Waals surface area contributed by atoms with Crippen molar-refractivity contribution in [2.24, 2.45) is 0 Å². The molecule has 2 N–H and O–H groups in total. The largest absolute Gasteiger partial charge is 0.353 e. The zero-order valence-electron chi connectivity index (χ0n) is 12.4. The molecule has 1 aliphatic rings. The molecule has 3 nitrogen and oxygen atoms in total. The minimum Gasteiger partial charge on any atom is -0.353 e. The molecule has 0 fully saturated rings. The number of benzene rings is 2. The van der Waals surface area contributed by atoms with Gasteiger partial charge < -0.3 is 5.32 Å². The Balaban J connectivity index is 1.84. The maximum atomic E-state index is 11.9. The number of carbonyl (C=O) groups excluding carboxylic acids is 1. The van der Waals surface area contributed by atoms with Gasteiger partial charge in [0.25, 0.3) is 0 Å². The number of hydrogen-bond acceptors (Lipinski definition) is 2. The van der Waals surface area contributed by atoms with Crippen molar-refractivity contribution >= 4 is 5.91 Å². The van der Waals surface area contributed by atoms with E-state index in [1.807, 2.05) is 26.0 Å². The molecule has 0 saturated carbocycles. The molecule has 1 amide bonds. The van der Waals surface area contributed by atoms with Crippen LogP contribution >= 0.6 is 0 Å². The Morgan fingerprint density at radius 2 is 1.52 bits per heavy atom. The van der Waals surface area contributed by atoms with E-state index in [2.05, 4.69) is 47.0 Å². The van der Waals surface area contributed by atoms with Crippen LogP contribution in [0, 0.1) is 0 Å². The highest BCUT2D eigenvalue weighted by atomic mass is 16.1. The van der Waals surface area contributed by atoms with Gasteiger partial charge in [-0.1, -0.05) is 48.5 Å². The van der Waals surface area contributed by atoms with Gasteiger partial charge in [-0.3, -0.25) is 10.1 Å². The summed E-state index contributed by atoms with van der Waals surface area (Å²) in [6.45, 7) is 4.27. The lowest BCUT2D eigenvalue weighted by atomic mass is 10.1. The Morgan fingerprint density at radius 3 is 2.05 bits per heavy atom. The highest BCUT2D eigenvalue weighted by molar-refractivity contribution is 5.80. The van der Waals surface area contributed by atoms with Crippen LogP contribution in [0.4, 0.5) is 0 Å². The van der Waals surface area contributed by atoms with Gasteiger partial charge in [0.05, 0.1) is 12.6 Å². The van der Waals surface area contributed by atoms with Crippen molar-refractivity contribution in [1.82, 2.24) is 10.6 Å². The highest BCUT2D eigenvalue weighted by Crippen LogP contribution is 2.42. The molecule has 0 saturated heterocycles. The van der Waals surface area contributed by atoms with Crippen LogP contribution in [-0.2, 0) is 4.79 Å². The second kappa shape index (κ2) is 5.70. The first-order chi connectivity index (χ1) is 10.2. The number of fused-ring (bicyclic) bond motifs is 3. The van der Waals surface area contributed by atoms with Gasteiger partial charge in [-0.05, 0) is 36.1 Å². The number of hydrogen-bond donors (Lipinski definition) is 2. The highest BCUT2D eigenvalue weighted by Gasteiger charge is 2.27. The van der Waals surface area contributed by atoms with Crippen LogP contribution in [0.5, 0.6) is 0 Å². The minimum atomic E-state index is 0.0341. The number of rotatable bonds is 4. The Bertz CT molecular complexity index is 618. The maximum absolute atomic E-state index is 11.9. The fraction of sp³-hybridized carbons (Fsp3) is 0.278. The smallest absolute Gasteiger partial charge is 0.234 e. The zero-order chi connectivity index (χ0) is 14.8. The predicted molar refractivity (Wildman–Crippen MR) is 85.0 cm³/mol. The second-order valence-electron chi connectivity index (χ2n) is 5.71. The summed E-state index contributed by atoms with van der Waals surface area (Å²) in [5, 5.41) is 6.30. The molecule has 21 heavy (non-hydrogen) atoms. The van der Waals surface area contributed by atoms with Crippen molar-refractivity contribution in [1.29, 1.82) is 0 Å². The van der Waals surface area contributed by atoms with Gasteiger partial charge >= 0.3 is 0 Å². The molecular formula is C18H20N2O. The average Bonchev–Trinajstić information content (AvgIpc) is 2.79. The van der Waals surface area contributed by atoms with Crippen LogP contribution in [0.1, 0.15) is 31.0 Å². The zero-order valence-corrected chi connectivity index (χ0v) is 12.4. The third kappa shape index (κ3) is 2.69. The topological polar surface area (TPSA) is 41.1 Å². The lowest BCUT2D eigenvalue weighted by Crippen LogP contribution is -2.38. The normalized spacial score (nSPS) is 13.1. The van der Waals surface area contributed by atoms with Crippen LogP contribution in [0.3, 0.4) is 0 Å². The van der Waals surface area contributed by atoms with Gasteiger partial charge in [-0.2, -0.15) is 0 Å². The number of nitrogens with one attached hydrogen (secondary N) is 2. The predicted octanol–water partition coefficient (Wildman–Crippen LogP) is 2.87. The van der Waals surface area contributed by atoms with Crippen molar-refractivity contribution in [3.63, 3.8) is 0 Å². The molecule has 0 aromatic heterocycles. The average molecular weight is 280 g/mol. The van der Waals surface area contributed by atoms with Gasteiger partial charge in [-0.25, -0.2) is 0 Å². The van der Waals surface area contributed by atoms with Crippen molar-refractivity contribution in [3.05, 3.63) is 59.7 Å². The van der Waals surface area contributed by atoms with Gasteiger partial charge in [0.15, 0.2) is 0 Å². The number of amides is 1. The molecule has 3 rings (SSSR count). The van der Waals surface area contributed by atoms with Crippen molar-refractivity contribution in [2.75, 3.05) is 6.54 Å². The molecule has 0 atom stereocenters. The molecule has 108 valence electrons. The molecule has 0 heterocycles. The van der Waals surface area contributed by atoms with Crippen LogP contribution in [0.15, 0.2) is 48.5 Å². The molecule has 0 unspecified atom stereocenters. The standard InChI is InChI=1S/C18H20N2O/c1-12(2)20-17(21)11-19-18-15-9-5-3-7-13(15)14-8-4-6-10-16(14)18/h3-10,12,18-19H,11H2,1-2H3,(H,20,21). The lowest BCUT2D eigenvalue weighted by molar-refractivity contribution is -0.120. The molecule has 0 aliphatic heterocycles. The van der Waals surface area contributed by atoms with Crippen molar-refractivity contribution in [2.45, 2.75) is 25.9 Å². The Hall–Kier alpha value is -2.13. The second-order valence-corrected chi connectivity index (χ2v) is 5.71. The lowest BCUT2D eigenvalue weighted by Gasteiger charge is -2.16. The molecule has 2 aromatic rings. The third-order valence-corrected chi connectivity index (χ3v) is 3.75. The van der Waals surface area contributed by atoms with Gasteiger partial charge in [-0.15, -0.1) is 0 Å². The van der Waals surface area contributed by atoms with Crippen LogP contribution in [0.2, 0.25) is 0 Å². The molecule has 0 bridgehead atoms. The van der Waals surface area contributed by atoms with Crippen LogP contribution < -0.4 is 10.6 Å². The fourth-order valence-electron chi connectivity index (χ4n) is 2.94. The first kappa shape index (κ1) is 13.8. The molecule has 3 heteroatoms. The molecule has 1 aliphatic carbocycles. The van der Waals surface area contributed by atoms with E-state index in [4.69, 9.17) is 0 Å². The monoisotopic (exact) mass is 280 g/mol. The van der Waals surface area contributed by atoms with E-state index in [9.17, 15) is 4.79 Å². The van der Waals surface area contributed by atoms with Gasteiger partial charge in [0.1, 0.15) is 0 Å². The summed E-state index contributed by atoms with van der Waals surface area (Å²) in [6.07, 6.45) is 0. The molecule has 0 spiro atoms. The summed E-state index contributed by atoms with van der Waals surface area (Å²) in [5.41, 5.74) is 5.01. The summed E-state index contributed by atoms with van der Waals surface area (Å²) >= 11 is 0. The van der Waals surface area contributed by atoms with Gasteiger partial charge in [0, 0.05) is 6.04 Å². The Labute approximate surface area is 125 Å². The summed E-state index contributed by atoms with van der Waals surface area (Å²) in [4.78, 5) is 11.9. The summed E-state index contributed by atoms with van der Waals surface area (Å²) < 4.78 is 0. The molecule has 0 radical (unpaired) electrons. The Kier molecular flexibility index (Phi) is 3.76. The first-order valence-electron chi connectivity index (χ1n) is 7.38. The molecule has 2 aromatic carbocycles.